The lowest BCUT2D eigenvalue weighted by atomic mass is 10.4. The maximum Gasteiger partial charge on any atom is 0.230 e. The van der Waals surface area contributed by atoms with E-state index in [1.807, 2.05) is 25.9 Å². The SMILES string of the molecule is CCNc1nc(-c2cnccn2)nc(N(C)C)n1. The van der Waals surface area contributed by atoms with Gasteiger partial charge in [0, 0.05) is 33.0 Å². The van der Waals surface area contributed by atoms with Crippen LogP contribution < -0.4 is 10.2 Å². The summed E-state index contributed by atoms with van der Waals surface area (Å²) in [6, 6.07) is 0. The van der Waals surface area contributed by atoms with E-state index in [1.165, 1.54) is 0 Å². The summed E-state index contributed by atoms with van der Waals surface area (Å²) in [6.07, 6.45) is 4.86. The van der Waals surface area contributed by atoms with Gasteiger partial charge in [0.1, 0.15) is 5.69 Å². The van der Waals surface area contributed by atoms with E-state index in [4.69, 9.17) is 0 Å². The quantitative estimate of drug-likeness (QED) is 0.854. The lowest BCUT2D eigenvalue weighted by Crippen LogP contribution is -2.16. The largest absolute Gasteiger partial charge is 0.354 e. The van der Waals surface area contributed by atoms with Gasteiger partial charge in [-0.25, -0.2) is 4.98 Å². The molecule has 1 N–H and O–H groups in total. The maximum atomic E-state index is 4.35. The summed E-state index contributed by atoms with van der Waals surface area (Å²) in [7, 11) is 3.76. The van der Waals surface area contributed by atoms with Gasteiger partial charge in [0.25, 0.3) is 0 Å². The molecular weight excluding hydrogens is 230 g/mol. The van der Waals surface area contributed by atoms with Crippen LogP contribution >= 0.6 is 0 Å². The smallest absolute Gasteiger partial charge is 0.230 e. The molecule has 2 rings (SSSR count). The molecule has 0 radical (unpaired) electrons. The first kappa shape index (κ1) is 12.2. The van der Waals surface area contributed by atoms with Crippen molar-refractivity contribution < 1.29 is 0 Å². The van der Waals surface area contributed by atoms with E-state index in [-0.39, 0.29) is 0 Å². The molecule has 18 heavy (non-hydrogen) atoms. The molecule has 2 heterocycles. The van der Waals surface area contributed by atoms with E-state index in [0.717, 1.165) is 6.54 Å². The summed E-state index contributed by atoms with van der Waals surface area (Å²) in [4.78, 5) is 23.0. The lowest BCUT2D eigenvalue weighted by molar-refractivity contribution is 0.947. The fourth-order valence-corrected chi connectivity index (χ4v) is 1.33. The zero-order chi connectivity index (χ0) is 13.0. The molecule has 7 heteroatoms. The summed E-state index contributed by atoms with van der Waals surface area (Å²) < 4.78 is 0. The van der Waals surface area contributed by atoms with Crippen molar-refractivity contribution in [3.8, 4) is 11.5 Å². The molecular formula is C11H15N7. The Morgan fingerprint density at radius 2 is 2.00 bits per heavy atom. The standard InChI is InChI=1S/C11H15N7/c1-4-13-10-15-9(8-7-12-5-6-14-8)16-11(17-10)18(2)3/h5-7H,4H2,1-3H3,(H,13,15,16,17). The molecule has 0 atom stereocenters. The minimum absolute atomic E-state index is 0.512. The molecule has 0 fully saturated rings. The van der Waals surface area contributed by atoms with Crippen LogP contribution in [-0.2, 0) is 0 Å². The van der Waals surface area contributed by atoms with Gasteiger partial charge >= 0.3 is 0 Å². The van der Waals surface area contributed by atoms with Crippen LogP contribution in [0.1, 0.15) is 6.92 Å². The van der Waals surface area contributed by atoms with Crippen LogP contribution in [0, 0.1) is 0 Å². The fraction of sp³-hybridized carbons (Fsp3) is 0.364. The Morgan fingerprint density at radius 1 is 1.17 bits per heavy atom. The van der Waals surface area contributed by atoms with Crippen LogP contribution in [0.25, 0.3) is 11.5 Å². The van der Waals surface area contributed by atoms with Gasteiger partial charge in [-0.2, -0.15) is 15.0 Å². The van der Waals surface area contributed by atoms with Crippen molar-refractivity contribution >= 4 is 11.9 Å². The molecule has 2 aromatic rings. The monoisotopic (exact) mass is 245 g/mol. The summed E-state index contributed by atoms with van der Waals surface area (Å²) in [5.41, 5.74) is 0.627. The van der Waals surface area contributed by atoms with E-state index in [2.05, 4.69) is 30.2 Å². The Labute approximate surface area is 105 Å². The first-order valence-electron chi connectivity index (χ1n) is 5.64. The number of hydrogen-bond donors (Lipinski definition) is 1. The predicted molar refractivity (Wildman–Crippen MR) is 69.3 cm³/mol. The predicted octanol–water partition coefficient (Wildman–Crippen LogP) is 0.826. The van der Waals surface area contributed by atoms with Crippen LogP contribution in [0.3, 0.4) is 0 Å². The van der Waals surface area contributed by atoms with E-state index < -0.39 is 0 Å². The third-order valence-electron chi connectivity index (χ3n) is 2.15. The second-order valence-electron chi connectivity index (χ2n) is 3.80. The van der Waals surface area contributed by atoms with E-state index in [0.29, 0.717) is 23.4 Å². The molecule has 0 bridgehead atoms. The number of hydrogen-bond acceptors (Lipinski definition) is 7. The lowest BCUT2D eigenvalue weighted by Gasteiger charge is -2.12. The van der Waals surface area contributed by atoms with Crippen molar-refractivity contribution in [3.63, 3.8) is 0 Å². The summed E-state index contributed by atoms with van der Waals surface area (Å²) >= 11 is 0. The van der Waals surface area contributed by atoms with E-state index in [9.17, 15) is 0 Å². The van der Waals surface area contributed by atoms with Crippen molar-refractivity contribution in [1.29, 1.82) is 0 Å². The Balaban J connectivity index is 2.46. The number of aromatic nitrogens is 5. The summed E-state index contributed by atoms with van der Waals surface area (Å²) in [6.45, 7) is 2.73. The van der Waals surface area contributed by atoms with Gasteiger partial charge in [-0.05, 0) is 6.92 Å². The van der Waals surface area contributed by atoms with Crippen LogP contribution in [0.5, 0.6) is 0 Å². The zero-order valence-corrected chi connectivity index (χ0v) is 10.6. The number of rotatable bonds is 4. The molecule has 0 aliphatic carbocycles. The molecule has 0 unspecified atom stereocenters. The normalized spacial score (nSPS) is 10.2. The first-order chi connectivity index (χ1) is 8.70. The van der Waals surface area contributed by atoms with Gasteiger partial charge in [-0.1, -0.05) is 0 Å². The average molecular weight is 245 g/mol. The molecule has 0 aliphatic rings. The van der Waals surface area contributed by atoms with Crippen molar-refractivity contribution in [2.45, 2.75) is 6.92 Å². The van der Waals surface area contributed by atoms with Crippen LogP contribution in [0.4, 0.5) is 11.9 Å². The molecule has 0 aromatic carbocycles. The van der Waals surface area contributed by atoms with Gasteiger partial charge in [0.05, 0.1) is 6.20 Å². The Kier molecular flexibility index (Phi) is 3.61. The molecule has 0 amide bonds. The minimum Gasteiger partial charge on any atom is -0.354 e. The van der Waals surface area contributed by atoms with Gasteiger partial charge in [-0.3, -0.25) is 4.98 Å². The second kappa shape index (κ2) is 5.35. The zero-order valence-electron chi connectivity index (χ0n) is 10.6. The van der Waals surface area contributed by atoms with Crippen molar-refractivity contribution in [1.82, 2.24) is 24.9 Å². The Hall–Kier alpha value is -2.31. The van der Waals surface area contributed by atoms with Crippen molar-refractivity contribution in [3.05, 3.63) is 18.6 Å². The summed E-state index contributed by atoms with van der Waals surface area (Å²) in [5.74, 6) is 1.64. The van der Waals surface area contributed by atoms with Gasteiger partial charge in [0.2, 0.25) is 11.9 Å². The second-order valence-corrected chi connectivity index (χ2v) is 3.80. The third kappa shape index (κ3) is 2.68. The topological polar surface area (TPSA) is 79.7 Å². The van der Waals surface area contributed by atoms with Gasteiger partial charge in [-0.15, -0.1) is 0 Å². The average Bonchev–Trinajstić information content (AvgIpc) is 2.40. The van der Waals surface area contributed by atoms with Crippen LogP contribution in [-0.4, -0.2) is 45.6 Å². The van der Waals surface area contributed by atoms with Crippen LogP contribution in [0.2, 0.25) is 0 Å². The molecule has 0 saturated carbocycles. The molecule has 0 saturated heterocycles. The number of anilines is 2. The minimum atomic E-state index is 0.512. The van der Waals surface area contributed by atoms with Crippen molar-refractivity contribution in [2.24, 2.45) is 0 Å². The highest BCUT2D eigenvalue weighted by atomic mass is 15.3. The number of nitrogens with one attached hydrogen (secondary N) is 1. The van der Waals surface area contributed by atoms with Crippen molar-refractivity contribution in [2.75, 3.05) is 30.9 Å². The molecule has 7 nitrogen and oxygen atoms in total. The van der Waals surface area contributed by atoms with E-state index in [1.54, 1.807) is 18.6 Å². The first-order valence-corrected chi connectivity index (χ1v) is 5.64. The molecule has 0 aliphatic heterocycles. The highest BCUT2D eigenvalue weighted by Crippen LogP contribution is 2.15. The molecule has 2 aromatic heterocycles. The van der Waals surface area contributed by atoms with Gasteiger partial charge in [0.15, 0.2) is 5.82 Å². The summed E-state index contributed by atoms with van der Waals surface area (Å²) in [5, 5.41) is 3.08. The number of nitrogens with zero attached hydrogens (tertiary/aromatic N) is 6. The highest BCUT2D eigenvalue weighted by molar-refractivity contribution is 5.52. The maximum absolute atomic E-state index is 4.35. The molecule has 0 spiro atoms. The molecule has 94 valence electrons. The third-order valence-corrected chi connectivity index (χ3v) is 2.15. The highest BCUT2D eigenvalue weighted by Gasteiger charge is 2.10. The fourth-order valence-electron chi connectivity index (χ4n) is 1.33. The van der Waals surface area contributed by atoms with E-state index >= 15 is 0 Å². The van der Waals surface area contributed by atoms with Crippen LogP contribution in [0.15, 0.2) is 18.6 Å². The Bertz CT molecular complexity index is 512. The van der Waals surface area contributed by atoms with Gasteiger partial charge < -0.3 is 10.2 Å². The Morgan fingerprint density at radius 3 is 2.61 bits per heavy atom.